The molecule has 0 heterocycles. The van der Waals surface area contributed by atoms with Gasteiger partial charge in [-0.1, -0.05) is 62.4 Å². The Bertz CT molecular complexity index is 1310. The molecule has 0 radical (unpaired) electrons. The first kappa shape index (κ1) is 23.0. The van der Waals surface area contributed by atoms with E-state index in [-0.39, 0.29) is 17.7 Å². The summed E-state index contributed by atoms with van der Waals surface area (Å²) in [6.45, 7) is 3.75. The molecule has 0 aliphatic carbocycles. The Labute approximate surface area is 198 Å². The molecule has 0 fully saturated rings. The van der Waals surface area contributed by atoms with Crippen LogP contribution in [0.2, 0.25) is 0 Å². The third-order valence-corrected chi connectivity index (χ3v) is 5.77. The second kappa shape index (κ2) is 10.2. The van der Waals surface area contributed by atoms with E-state index < -0.39 is 6.04 Å². The molecular formula is C28H27N3O3. The fourth-order valence-corrected chi connectivity index (χ4v) is 3.92. The number of hydrogen-bond acceptors (Lipinski definition) is 4. The highest BCUT2D eigenvalue weighted by molar-refractivity contribution is 6.13. The van der Waals surface area contributed by atoms with Gasteiger partial charge < -0.3 is 10.1 Å². The number of nitrogens with zero attached hydrogens (tertiary/aromatic N) is 1. The van der Waals surface area contributed by atoms with E-state index in [9.17, 15) is 9.59 Å². The lowest BCUT2D eigenvalue weighted by Gasteiger charge is -2.20. The zero-order valence-electron chi connectivity index (χ0n) is 19.4. The van der Waals surface area contributed by atoms with E-state index >= 15 is 0 Å². The van der Waals surface area contributed by atoms with Crippen LogP contribution < -0.4 is 15.5 Å². The number of hydrazone groups is 1. The molecule has 6 nitrogen and oxygen atoms in total. The van der Waals surface area contributed by atoms with Crippen LogP contribution in [-0.4, -0.2) is 31.2 Å². The molecule has 0 aliphatic heterocycles. The van der Waals surface area contributed by atoms with Crippen LogP contribution in [0.1, 0.15) is 29.8 Å². The van der Waals surface area contributed by atoms with Gasteiger partial charge in [-0.05, 0) is 57.8 Å². The van der Waals surface area contributed by atoms with E-state index in [1.807, 2.05) is 50.2 Å². The first-order valence-corrected chi connectivity index (χ1v) is 11.2. The molecular weight excluding hydrogens is 426 g/mol. The Balaban J connectivity index is 1.53. The molecule has 4 aromatic carbocycles. The topological polar surface area (TPSA) is 79.8 Å². The van der Waals surface area contributed by atoms with Gasteiger partial charge in [0.25, 0.3) is 11.8 Å². The lowest BCUT2D eigenvalue weighted by atomic mass is 9.97. The van der Waals surface area contributed by atoms with E-state index in [1.165, 1.54) is 0 Å². The number of carbonyl (C=O) groups is 2. The minimum Gasteiger partial charge on any atom is -0.497 e. The van der Waals surface area contributed by atoms with E-state index in [2.05, 4.69) is 34.0 Å². The first-order chi connectivity index (χ1) is 16.5. The predicted molar refractivity (Wildman–Crippen MR) is 136 cm³/mol. The molecule has 0 saturated carbocycles. The van der Waals surface area contributed by atoms with Crippen molar-refractivity contribution < 1.29 is 14.3 Å². The Morgan fingerprint density at radius 3 is 2.03 bits per heavy atom. The summed E-state index contributed by atoms with van der Waals surface area (Å²) in [6, 6.07) is 24.3. The highest BCUT2D eigenvalue weighted by atomic mass is 16.5. The van der Waals surface area contributed by atoms with E-state index in [1.54, 1.807) is 37.6 Å². The Hall–Kier alpha value is -4.19. The molecule has 2 N–H and O–H groups in total. The molecule has 0 spiro atoms. The summed E-state index contributed by atoms with van der Waals surface area (Å²) < 4.78 is 5.13. The maximum absolute atomic E-state index is 12.9. The highest BCUT2D eigenvalue weighted by Crippen LogP contribution is 2.27. The second-order valence-electron chi connectivity index (χ2n) is 8.39. The van der Waals surface area contributed by atoms with Crippen LogP contribution in [0.5, 0.6) is 5.75 Å². The fraction of sp³-hybridized carbons (Fsp3) is 0.179. The van der Waals surface area contributed by atoms with Crippen LogP contribution >= 0.6 is 0 Å². The van der Waals surface area contributed by atoms with Gasteiger partial charge in [0.2, 0.25) is 0 Å². The van der Waals surface area contributed by atoms with Crippen molar-refractivity contribution in [1.29, 1.82) is 0 Å². The number of benzene rings is 4. The summed E-state index contributed by atoms with van der Waals surface area (Å²) in [5, 5.41) is 11.4. The van der Waals surface area contributed by atoms with Crippen LogP contribution in [0, 0.1) is 5.92 Å². The molecule has 1 atom stereocenters. The van der Waals surface area contributed by atoms with E-state index in [0.29, 0.717) is 11.3 Å². The first-order valence-electron chi connectivity index (χ1n) is 11.2. The van der Waals surface area contributed by atoms with Crippen molar-refractivity contribution in [1.82, 2.24) is 10.7 Å². The largest absolute Gasteiger partial charge is 0.497 e. The molecule has 0 bridgehead atoms. The number of rotatable bonds is 7. The van der Waals surface area contributed by atoms with Crippen molar-refractivity contribution in [3.8, 4) is 5.75 Å². The molecule has 172 valence electrons. The monoisotopic (exact) mass is 453 g/mol. The van der Waals surface area contributed by atoms with Crippen molar-refractivity contribution in [2.75, 3.05) is 7.11 Å². The van der Waals surface area contributed by atoms with Crippen molar-refractivity contribution in [3.05, 3.63) is 90.0 Å². The number of methoxy groups -OCH3 is 1. The average Bonchev–Trinajstić information content (AvgIpc) is 2.86. The molecule has 0 saturated heterocycles. The predicted octanol–water partition coefficient (Wildman–Crippen LogP) is 4.91. The quantitative estimate of drug-likeness (QED) is 0.237. The van der Waals surface area contributed by atoms with Crippen LogP contribution in [0.3, 0.4) is 0 Å². The third-order valence-electron chi connectivity index (χ3n) is 5.77. The van der Waals surface area contributed by atoms with Gasteiger partial charge in [-0.15, -0.1) is 0 Å². The Morgan fingerprint density at radius 2 is 1.47 bits per heavy atom. The van der Waals surface area contributed by atoms with Gasteiger partial charge in [0, 0.05) is 11.1 Å². The molecule has 34 heavy (non-hydrogen) atoms. The molecule has 1 unspecified atom stereocenters. The summed E-state index contributed by atoms with van der Waals surface area (Å²) in [7, 11) is 1.57. The minimum atomic E-state index is -0.740. The second-order valence-corrected chi connectivity index (χ2v) is 8.39. The highest BCUT2D eigenvalue weighted by Gasteiger charge is 2.24. The maximum Gasteiger partial charge on any atom is 0.262 e. The number of hydrogen-bond donors (Lipinski definition) is 2. The lowest BCUT2D eigenvalue weighted by molar-refractivity contribution is -0.123. The molecule has 6 heteroatoms. The number of amides is 2. The lowest BCUT2D eigenvalue weighted by Crippen LogP contribution is -2.48. The molecule has 0 aliphatic rings. The fourth-order valence-electron chi connectivity index (χ4n) is 3.92. The SMILES string of the molecule is COc1ccc(C(=O)NC(C(=O)NN=Cc2c3ccccc3cc3ccccc23)C(C)C)cc1. The summed E-state index contributed by atoms with van der Waals surface area (Å²) >= 11 is 0. The summed E-state index contributed by atoms with van der Waals surface area (Å²) in [4.78, 5) is 25.6. The third kappa shape index (κ3) is 4.91. The van der Waals surface area contributed by atoms with Gasteiger partial charge >= 0.3 is 0 Å². The maximum atomic E-state index is 12.9. The van der Waals surface area contributed by atoms with Gasteiger partial charge in [-0.2, -0.15) is 5.10 Å². The Morgan fingerprint density at radius 1 is 0.882 bits per heavy atom. The molecule has 0 aromatic heterocycles. The zero-order valence-corrected chi connectivity index (χ0v) is 19.4. The van der Waals surface area contributed by atoms with Crippen molar-refractivity contribution in [2.45, 2.75) is 19.9 Å². The van der Waals surface area contributed by atoms with Crippen molar-refractivity contribution in [2.24, 2.45) is 11.0 Å². The van der Waals surface area contributed by atoms with Gasteiger partial charge in [0.15, 0.2) is 0 Å². The zero-order chi connectivity index (χ0) is 24.1. The number of ether oxygens (including phenoxy) is 1. The van der Waals surface area contributed by atoms with Crippen LogP contribution in [0.15, 0.2) is 84.0 Å². The van der Waals surface area contributed by atoms with Gasteiger partial charge in [-0.3, -0.25) is 9.59 Å². The standard InChI is InChI=1S/C28H27N3O3/c1-18(2)26(30-27(32)19-12-14-22(34-3)15-13-19)28(33)31-29-17-25-23-10-6-4-8-20(23)16-21-9-5-7-11-24(21)25/h4-18,26H,1-3H3,(H,30,32)(H,31,33). The van der Waals surface area contributed by atoms with E-state index in [4.69, 9.17) is 4.74 Å². The molecule has 2 amide bonds. The van der Waals surface area contributed by atoms with Crippen molar-refractivity contribution in [3.63, 3.8) is 0 Å². The average molecular weight is 454 g/mol. The van der Waals surface area contributed by atoms with Crippen LogP contribution in [0.25, 0.3) is 21.5 Å². The molecule has 4 rings (SSSR count). The normalized spacial score (nSPS) is 12.2. The summed E-state index contributed by atoms with van der Waals surface area (Å²) in [5.41, 5.74) is 3.99. The van der Waals surface area contributed by atoms with Crippen LogP contribution in [0.4, 0.5) is 0 Å². The number of carbonyl (C=O) groups excluding carboxylic acids is 2. The molecule has 4 aromatic rings. The number of nitrogens with one attached hydrogen (secondary N) is 2. The minimum absolute atomic E-state index is 0.129. The number of fused-ring (bicyclic) bond motifs is 2. The van der Waals surface area contributed by atoms with Crippen LogP contribution in [-0.2, 0) is 4.79 Å². The van der Waals surface area contributed by atoms with Crippen molar-refractivity contribution >= 4 is 39.6 Å². The van der Waals surface area contributed by atoms with Gasteiger partial charge in [0.1, 0.15) is 11.8 Å². The van der Waals surface area contributed by atoms with Gasteiger partial charge in [-0.25, -0.2) is 5.43 Å². The van der Waals surface area contributed by atoms with E-state index in [0.717, 1.165) is 27.1 Å². The van der Waals surface area contributed by atoms with Gasteiger partial charge in [0.05, 0.1) is 13.3 Å². The summed E-state index contributed by atoms with van der Waals surface area (Å²) in [6.07, 6.45) is 1.67. The summed E-state index contributed by atoms with van der Waals surface area (Å²) in [5.74, 6) is -0.182. The Kier molecular flexibility index (Phi) is 6.87. The smallest absolute Gasteiger partial charge is 0.262 e.